The normalized spacial score (nSPS) is 22.8. The van der Waals surface area contributed by atoms with E-state index in [0.717, 1.165) is 5.56 Å². The molecule has 0 radical (unpaired) electrons. The van der Waals surface area contributed by atoms with Gasteiger partial charge in [0.25, 0.3) is 0 Å². The average Bonchev–Trinajstić information content (AvgIpc) is 3.29. The van der Waals surface area contributed by atoms with E-state index in [1.807, 2.05) is 0 Å². The average molecular weight is 733 g/mol. The monoisotopic (exact) mass is 732 g/mol. The van der Waals surface area contributed by atoms with E-state index >= 15 is 0 Å². The molecule has 4 amide bonds. The molecule has 3 saturated heterocycles. The fraction of sp³-hybridized carbons (Fsp3) is 0.667. The molecule has 2 N–H and O–H groups in total. The number of hydrogen-bond acceptors (Lipinski definition) is 12. The summed E-state index contributed by atoms with van der Waals surface area (Å²) in [6.45, 7) is 15.1. The van der Waals surface area contributed by atoms with Gasteiger partial charge in [-0.3, -0.25) is 19.3 Å². The van der Waals surface area contributed by atoms with Crippen molar-refractivity contribution in [2.45, 2.75) is 128 Å². The third-order valence-electron chi connectivity index (χ3n) is 8.29. The highest BCUT2D eigenvalue weighted by atomic mass is 16.7. The molecule has 1 aromatic carbocycles. The Bertz CT molecular complexity index is 1520. The summed E-state index contributed by atoms with van der Waals surface area (Å²) in [5.74, 6) is -1.14. The van der Waals surface area contributed by atoms with Crippen molar-refractivity contribution in [2.75, 3.05) is 26.7 Å². The van der Waals surface area contributed by atoms with E-state index in [1.54, 1.807) is 86.6 Å². The molecule has 4 atom stereocenters. The summed E-state index contributed by atoms with van der Waals surface area (Å²) in [6, 6.07) is 5.24. The van der Waals surface area contributed by atoms with Crippen LogP contribution in [-0.2, 0) is 44.5 Å². The summed E-state index contributed by atoms with van der Waals surface area (Å²) in [7, 11) is 1.54. The van der Waals surface area contributed by atoms with Gasteiger partial charge in [0.05, 0.1) is 32.8 Å². The first kappa shape index (κ1) is 40.0. The number of benzene rings is 1. The van der Waals surface area contributed by atoms with Gasteiger partial charge < -0.3 is 44.0 Å². The van der Waals surface area contributed by atoms with Crippen molar-refractivity contribution >= 4 is 36.1 Å². The highest BCUT2D eigenvalue weighted by Gasteiger charge is 2.57. The molecule has 3 aliphatic heterocycles. The van der Waals surface area contributed by atoms with Gasteiger partial charge >= 0.3 is 24.3 Å². The molecular weight excluding hydrogens is 680 g/mol. The minimum Gasteiger partial charge on any atom is -0.497 e. The Hall–Kier alpha value is -4.76. The minimum atomic E-state index is -1.29. The number of nitrogens with zero attached hydrogens (tertiary/aromatic N) is 2. The van der Waals surface area contributed by atoms with Crippen molar-refractivity contribution in [1.82, 2.24) is 20.4 Å². The second-order valence-electron chi connectivity index (χ2n) is 16.3. The summed E-state index contributed by atoms with van der Waals surface area (Å²) in [4.78, 5) is 81.1. The number of nitrogens with one attached hydrogen (secondary N) is 2. The summed E-state index contributed by atoms with van der Waals surface area (Å²) >= 11 is 0. The van der Waals surface area contributed by atoms with Crippen LogP contribution in [0.15, 0.2) is 24.3 Å². The van der Waals surface area contributed by atoms with Crippen LogP contribution < -0.4 is 15.4 Å². The molecule has 16 heteroatoms. The van der Waals surface area contributed by atoms with Gasteiger partial charge in [-0.2, -0.15) is 0 Å². The highest BCUT2D eigenvalue weighted by molar-refractivity contribution is 6.01. The second-order valence-corrected chi connectivity index (χ2v) is 16.3. The maximum absolute atomic E-state index is 13.5. The molecule has 0 bridgehead atoms. The smallest absolute Gasteiger partial charge is 0.497 e. The number of rotatable bonds is 8. The molecule has 1 aromatic rings. The first-order chi connectivity index (χ1) is 24.0. The molecule has 4 rings (SSSR count). The van der Waals surface area contributed by atoms with E-state index < -0.39 is 82.8 Å². The molecule has 0 unspecified atom stereocenters. The Morgan fingerprint density at radius 1 is 0.827 bits per heavy atom. The molecule has 1 spiro atoms. The van der Waals surface area contributed by atoms with Crippen LogP contribution in [-0.4, -0.2) is 119 Å². The van der Waals surface area contributed by atoms with E-state index in [1.165, 1.54) is 16.9 Å². The Kier molecular flexibility index (Phi) is 11.6. The third kappa shape index (κ3) is 10.4. The topological polar surface area (TPSA) is 188 Å². The van der Waals surface area contributed by atoms with Crippen molar-refractivity contribution in [2.24, 2.45) is 0 Å². The molecular formula is C36H52N4O12. The molecule has 52 heavy (non-hydrogen) atoms. The van der Waals surface area contributed by atoms with Gasteiger partial charge in [-0.05, 0) is 92.9 Å². The zero-order valence-corrected chi connectivity index (χ0v) is 31.7. The van der Waals surface area contributed by atoms with E-state index in [0.29, 0.717) is 5.75 Å². The lowest BCUT2D eigenvalue weighted by Gasteiger charge is -2.51. The van der Waals surface area contributed by atoms with Crippen LogP contribution in [0, 0.1) is 0 Å². The number of esters is 1. The number of likely N-dealkylation sites (tertiary alicyclic amines) is 2. The van der Waals surface area contributed by atoms with Crippen molar-refractivity contribution in [3.63, 3.8) is 0 Å². The van der Waals surface area contributed by atoms with Gasteiger partial charge in [0.2, 0.25) is 11.8 Å². The van der Waals surface area contributed by atoms with Gasteiger partial charge in [-0.25, -0.2) is 14.4 Å². The lowest BCUT2D eigenvalue weighted by molar-refractivity contribution is -0.157. The molecule has 0 aliphatic carbocycles. The summed E-state index contributed by atoms with van der Waals surface area (Å²) < 4.78 is 33.3. The van der Waals surface area contributed by atoms with Crippen LogP contribution in [0.25, 0.3) is 0 Å². The Balaban J connectivity index is 1.48. The van der Waals surface area contributed by atoms with Crippen molar-refractivity contribution in [3.05, 3.63) is 29.8 Å². The van der Waals surface area contributed by atoms with E-state index in [-0.39, 0.29) is 38.9 Å². The second kappa shape index (κ2) is 15.1. The Morgan fingerprint density at radius 3 is 1.96 bits per heavy atom. The van der Waals surface area contributed by atoms with Gasteiger partial charge in [-0.1, -0.05) is 12.1 Å². The number of carbonyl (C=O) groups excluding carboxylic acids is 6. The maximum atomic E-state index is 13.5. The first-order valence-electron chi connectivity index (χ1n) is 17.3. The number of hydrogen-bond donors (Lipinski definition) is 2. The number of methoxy groups -OCH3 is 1. The van der Waals surface area contributed by atoms with Gasteiger partial charge in [0, 0.05) is 6.42 Å². The van der Waals surface area contributed by atoms with Crippen molar-refractivity contribution < 1.29 is 57.2 Å². The number of piperazine rings is 1. The fourth-order valence-corrected chi connectivity index (χ4v) is 5.98. The standard InChI is InChI=1S/C36H52N4O12/c1-33(2,3)50-30(44)39-19-36(20-39)29(43)37-23(28(42)38-36)15-16-26(41)49-27-24(17-21-11-13-22(47-10)14-12-21)40(31(45)51-34(4,5)6)18-25(27)48-32(46)52-35(7,8)9/h11-14,23-25,27H,15-20H2,1-10H3,(H,37,43)(H,38,42)/t23-,24+,25-,27-/m0/s1. The maximum Gasteiger partial charge on any atom is 0.509 e. The van der Waals surface area contributed by atoms with E-state index in [4.69, 9.17) is 28.4 Å². The lowest BCUT2D eigenvalue weighted by Crippen LogP contribution is -2.82. The quantitative estimate of drug-likeness (QED) is 0.293. The minimum absolute atomic E-state index is 0.0568. The first-order valence-corrected chi connectivity index (χ1v) is 17.3. The summed E-state index contributed by atoms with van der Waals surface area (Å²) in [6.07, 6.45) is -4.79. The summed E-state index contributed by atoms with van der Waals surface area (Å²) in [5, 5.41) is 5.37. The van der Waals surface area contributed by atoms with Crippen molar-refractivity contribution in [3.8, 4) is 5.75 Å². The molecule has 3 fully saturated rings. The predicted octanol–water partition coefficient (Wildman–Crippen LogP) is 3.47. The Labute approximate surface area is 304 Å². The van der Waals surface area contributed by atoms with Gasteiger partial charge in [0.1, 0.15) is 28.6 Å². The largest absolute Gasteiger partial charge is 0.509 e. The van der Waals surface area contributed by atoms with Crippen LogP contribution >= 0.6 is 0 Å². The molecule has 16 nitrogen and oxygen atoms in total. The van der Waals surface area contributed by atoms with E-state index in [9.17, 15) is 28.8 Å². The SMILES string of the molecule is COc1ccc(C[C@@H]2[C@H](OC(=O)CC[C@@H]3NC(=O)C4(CN(C(=O)OC(C)(C)C)C4)NC3=O)[C@@H](OC(=O)OC(C)(C)C)CN2C(=O)OC(C)(C)C)cc1. The zero-order chi connectivity index (χ0) is 38.8. The molecule has 3 heterocycles. The van der Waals surface area contributed by atoms with Crippen LogP contribution in [0.3, 0.4) is 0 Å². The number of ether oxygens (including phenoxy) is 6. The molecule has 3 aliphatic rings. The predicted molar refractivity (Wildman–Crippen MR) is 184 cm³/mol. The molecule has 0 aromatic heterocycles. The van der Waals surface area contributed by atoms with Crippen LogP contribution in [0.2, 0.25) is 0 Å². The van der Waals surface area contributed by atoms with Crippen molar-refractivity contribution in [1.29, 1.82) is 0 Å². The van der Waals surface area contributed by atoms with Crippen LogP contribution in [0.4, 0.5) is 14.4 Å². The number of amides is 4. The Morgan fingerprint density at radius 2 is 1.40 bits per heavy atom. The fourth-order valence-electron chi connectivity index (χ4n) is 5.98. The molecule has 288 valence electrons. The van der Waals surface area contributed by atoms with E-state index in [2.05, 4.69) is 10.6 Å². The van der Waals surface area contributed by atoms with Gasteiger partial charge in [0.15, 0.2) is 17.7 Å². The van der Waals surface area contributed by atoms with Crippen LogP contribution in [0.5, 0.6) is 5.75 Å². The summed E-state index contributed by atoms with van der Waals surface area (Å²) in [5.41, 5.74) is -2.97. The van der Waals surface area contributed by atoms with Gasteiger partial charge in [-0.15, -0.1) is 0 Å². The third-order valence-corrected chi connectivity index (χ3v) is 8.29. The number of carbonyl (C=O) groups is 6. The van der Waals surface area contributed by atoms with Crippen LogP contribution in [0.1, 0.15) is 80.7 Å². The molecule has 0 saturated carbocycles. The highest BCUT2D eigenvalue weighted by Crippen LogP contribution is 2.31. The zero-order valence-electron chi connectivity index (χ0n) is 31.7. The lowest BCUT2D eigenvalue weighted by atomic mass is 9.85.